The zero-order valence-corrected chi connectivity index (χ0v) is 14.2. The molecule has 1 heterocycles. The monoisotopic (exact) mass is 328 g/mol. The van der Waals surface area contributed by atoms with E-state index in [0.29, 0.717) is 24.9 Å². The summed E-state index contributed by atoms with van der Waals surface area (Å²) in [5, 5.41) is 13.2. The van der Waals surface area contributed by atoms with Gasteiger partial charge in [-0.05, 0) is 36.7 Å². The van der Waals surface area contributed by atoms with Crippen LogP contribution in [0.15, 0.2) is 30.3 Å². The number of fused-ring (bicyclic) bond motifs is 1. The topological polar surface area (TPSA) is 52.6 Å². The van der Waals surface area contributed by atoms with Gasteiger partial charge in [-0.2, -0.15) is 0 Å². The predicted molar refractivity (Wildman–Crippen MR) is 93.2 cm³/mol. The van der Waals surface area contributed by atoms with Gasteiger partial charge in [0.05, 0.1) is 6.10 Å². The SMILES string of the molecule is O=C(NCC1CC(O)CN1Cc1ccccc1)C1C2CCCCC21. The fourth-order valence-corrected chi connectivity index (χ4v) is 4.90. The van der Waals surface area contributed by atoms with Crippen LogP contribution in [0.4, 0.5) is 0 Å². The van der Waals surface area contributed by atoms with E-state index < -0.39 is 0 Å². The molecule has 4 unspecified atom stereocenters. The third kappa shape index (κ3) is 3.35. The molecule has 0 spiro atoms. The van der Waals surface area contributed by atoms with Crippen LogP contribution in [0.3, 0.4) is 0 Å². The molecule has 3 aliphatic rings. The summed E-state index contributed by atoms with van der Waals surface area (Å²) in [5.41, 5.74) is 1.26. The normalized spacial score (nSPS) is 35.5. The average Bonchev–Trinajstić information content (AvgIpc) is 3.23. The molecule has 1 amide bonds. The third-order valence-corrected chi connectivity index (χ3v) is 6.21. The fraction of sp³-hybridized carbons (Fsp3) is 0.650. The molecule has 4 heteroatoms. The summed E-state index contributed by atoms with van der Waals surface area (Å²) < 4.78 is 0. The second-order valence-corrected chi connectivity index (χ2v) is 7.84. The van der Waals surface area contributed by atoms with E-state index in [1.165, 1.54) is 31.2 Å². The first-order chi connectivity index (χ1) is 11.7. The van der Waals surface area contributed by atoms with E-state index >= 15 is 0 Å². The van der Waals surface area contributed by atoms with Crippen LogP contribution in [0, 0.1) is 17.8 Å². The number of β-amino-alcohol motifs (C(OH)–C–C–N with tert-alkyl or cyclic N) is 1. The molecule has 2 aliphatic carbocycles. The Kier molecular flexibility index (Phi) is 4.59. The van der Waals surface area contributed by atoms with E-state index in [0.717, 1.165) is 13.0 Å². The van der Waals surface area contributed by atoms with Crippen molar-refractivity contribution in [3.8, 4) is 0 Å². The Balaban J connectivity index is 1.30. The number of aliphatic hydroxyl groups is 1. The lowest BCUT2D eigenvalue weighted by Gasteiger charge is -2.24. The molecule has 0 bridgehead atoms. The van der Waals surface area contributed by atoms with Crippen molar-refractivity contribution < 1.29 is 9.90 Å². The Morgan fingerprint density at radius 1 is 1.17 bits per heavy atom. The van der Waals surface area contributed by atoms with Gasteiger partial charge in [0.2, 0.25) is 5.91 Å². The van der Waals surface area contributed by atoms with Crippen molar-refractivity contribution in [3.05, 3.63) is 35.9 Å². The molecule has 24 heavy (non-hydrogen) atoms. The number of carbonyl (C=O) groups excluding carboxylic acids is 1. The Labute approximate surface area is 144 Å². The standard InChI is InChI=1S/C20H28N2O2/c23-16-10-15(22(13-16)12-14-6-2-1-3-7-14)11-21-20(24)19-17-8-4-5-9-18(17)19/h1-3,6-7,15-19,23H,4-5,8-13H2,(H,21,24). The van der Waals surface area contributed by atoms with E-state index in [1.807, 2.05) is 18.2 Å². The minimum atomic E-state index is -0.279. The van der Waals surface area contributed by atoms with Crippen molar-refractivity contribution in [2.45, 2.75) is 50.8 Å². The van der Waals surface area contributed by atoms with Crippen molar-refractivity contribution in [3.63, 3.8) is 0 Å². The van der Waals surface area contributed by atoms with Crippen LogP contribution in [-0.2, 0) is 11.3 Å². The predicted octanol–water partition coefficient (Wildman–Crippen LogP) is 2.17. The van der Waals surface area contributed by atoms with E-state index in [9.17, 15) is 9.90 Å². The highest BCUT2D eigenvalue weighted by molar-refractivity contribution is 5.82. The van der Waals surface area contributed by atoms with Gasteiger partial charge in [-0.1, -0.05) is 43.2 Å². The van der Waals surface area contributed by atoms with Gasteiger partial charge in [0.25, 0.3) is 0 Å². The summed E-state index contributed by atoms with van der Waals surface area (Å²) in [7, 11) is 0. The van der Waals surface area contributed by atoms with Crippen LogP contribution in [0.25, 0.3) is 0 Å². The summed E-state index contributed by atoms with van der Waals surface area (Å²) in [6.45, 7) is 2.20. The molecular formula is C20H28N2O2. The molecule has 1 aromatic carbocycles. The molecule has 130 valence electrons. The molecule has 3 fully saturated rings. The van der Waals surface area contributed by atoms with Crippen LogP contribution < -0.4 is 5.32 Å². The van der Waals surface area contributed by atoms with E-state index in [2.05, 4.69) is 22.3 Å². The molecular weight excluding hydrogens is 300 g/mol. The molecule has 2 saturated carbocycles. The molecule has 1 aromatic rings. The highest BCUT2D eigenvalue weighted by Crippen LogP contribution is 2.55. The quantitative estimate of drug-likeness (QED) is 0.871. The van der Waals surface area contributed by atoms with Crippen molar-refractivity contribution >= 4 is 5.91 Å². The highest BCUT2D eigenvalue weighted by Gasteiger charge is 2.54. The zero-order valence-electron chi connectivity index (χ0n) is 14.2. The van der Waals surface area contributed by atoms with Gasteiger partial charge in [-0.3, -0.25) is 9.69 Å². The Hall–Kier alpha value is -1.39. The molecule has 1 aliphatic heterocycles. The van der Waals surface area contributed by atoms with Crippen LogP contribution >= 0.6 is 0 Å². The molecule has 0 radical (unpaired) electrons. The Bertz CT molecular complexity index is 564. The minimum absolute atomic E-state index is 0.241. The summed E-state index contributed by atoms with van der Waals surface area (Å²) in [6, 6.07) is 10.6. The maximum Gasteiger partial charge on any atom is 0.223 e. The maximum atomic E-state index is 12.5. The highest BCUT2D eigenvalue weighted by atomic mass is 16.3. The number of carbonyl (C=O) groups is 1. The first-order valence-corrected chi connectivity index (χ1v) is 9.46. The van der Waals surface area contributed by atoms with Crippen LogP contribution in [-0.4, -0.2) is 41.1 Å². The Morgan fingerprint density at radius 2 is 1.88 bits per heavy atom. The first kappa shape index (κ1) is 16.1. The Morgan fingerprint density at radius 3 is 2.58 bits per heavy atom. The molecule has 2 N–H and O–H groups in total. The lowest BCUT2D eigenvalue weighted by atomic mass is 10.0. The van der Waals surface area contributed by atoms with Crippen molar-refractivity contribution in [1.82, 2.24) is 10.2 Å². The lowest BCUT2D eigenvalue weighted by Crippen LogP contribution is -2.40. The van der Waals surface area contributed by atoms with Crippen LogP contribution in [0.2, 0.25) is 0 Å². The van der Waals surface area contributed by atoms with Gasteiger partial charge >= 0.3 is 0 Å². The van der Waals surface area contributed by atoms with Crippen molar-refractivity contribution in [2.75, 3.05) is 13.1 Å². The molecule has 0 aromatic heterocycles. The number of amides is 1. The van der Waals surface area contributed by atoms with Gasteiger partial charge in [0.15, 0.2) is 0 Å². The smallest absolute Gasteiger partial charge is 0.223 e. The zero-order chi connectivity index (χ0) is 16.5. The lowest BCUT2D eigenvalue weighted by molar-refractivity contribution is -0.123. The minimum Gasteiger partial charge on any atom is -0.392 e. The van der Waals surface area contributed by atoms with E-state index in [4.69, 9.17) is 0 Å². The largest absolute Gasteiger partial charge is 0.392 e. The summed E-state index contributed by atoms with van der Waals surface area (Å²) in [6.07, 6.45) is 5.55. The first-order valence-electron chi connectivity index (χ1n) is 9.46. The van der Waals surface area contributed by atoms with Gasteiger partial charge in [0, 0.05) is 31.6 Å². The molecule has 4 rings (SSSR count). The summed E-state index contributed by atoms with van der Waals surface area (Å²) in [4.78, 5) is 14.8. The van der Waals surface area contributed by atoms with Crippen LogP contribution in [0.1, 0.15) is 37.7 Å². The summed E-state index contributed by atoms with van der Waals surface area (Å²) in [5.74, 6) is 1.86. The molecule has 4 nitrogen and oxygen atoms in total. The number of hydrogen-bond donors (Lipinski definition) is 2. The van der Waals surface area contributed by atoms with Gasteiger partial charge < -0.3 is 10.4 Å². The molecule has 1 saturated heterocycles. The number of rotatable bonds is 5. The number of benzene rings is 1. The second-order valence-electron chi connectivity index (χ2n) is 7.84. The van der Waals surface area contributed by atoms with Gasteiger partial charge in [-0.25, -0.2) is 0 Å². The molecule has 4 atom stereocenters. The number of likely N-dealkylation sites (tertiary alicyclic amines) is 1. The maximum absolute atomic E-state index is 12.5. The number of nitrogens with one attached hydrogen (secondary N) is 1. The van der Waals surface area contributed by atoms with Crippen molar-refractivity contribution in [1.29, 1.82) is 0 Å². The van der Waals surface area contributed by atoms with Crippen LogP contribution in [0.5, 0.6) is 0 Å². The summed E-state index contributed by atoms with van der Waals surface area (Å²) >= 11 is 0. The second kappa shape index (κ2) is 6.85. The van der Waals surface area contributed by atoms with Gasteiger partial charge in [-0.15, -0.1) is 0 Å². The van der Waals surface area contributed by atoms with E-state index in [-0.39, 0.29) is 24.0 Å². The number of aliphatic hydroxyl groups excluding tert-OH is 1. The van der Waals surface area contributed by atoms with Crippen molar-refractivity contribution in [2.24, 2.45) is 17.8 Å². The third-order valence-electron chi connectivity index (χ3n) is 6.21. The fourth-order valence-electron chi connectivity index (χ4n) is 4.90. The van der Waals surface area contributed by atoms with Gasteiger partial charge in [0.1, 0.15) is 0 Å². The van der Waals surface area contributed by atoms with E-state index in [1.54, 1.807) is 0 Å². The number of nitrogens with zero attached hydrogens (tertiary/aromatic N) is 1. The number of hydrogen-bond acceptors (Lipinski definition) is 3. The average molecular weight is 328 g/mol.